The van der Waals surface area contributed by atoms with Gasteiger partial charge in [0.25, 0.3) is 0 Å². The second kappa shape index (κ2) is 70.1. The first-order valence-electron chi connectivity index (χ1n) is 47.8. The van der Waals surface area contributed by atoms with Gasteiger partial charge in [-0.15, -0.1) is 0 Å². The van der Waals surface area contributed by atoms with Crippen LogP contribution in [0.1, 0.15) is 302 Å². The number of hydrogen-bond donors (Lipinski definition) is 1. The summed E-state index contributed by atoms with van der Waals surface area (Å²) in [6.45, 7) is 21.8. The summed E-state index contributed by atoms with van der Waals surface area (Å²) in [6.07, 6.45) is 38.7. The summed E-state index contributed by atoms with van der Waals surface area (Å²) >= 11 is 0. The molecule has 0 heterocycles. The van der Waals surface area contributed by atoms with E-state index in [-0.39, 0.29) is 24.5 Å². The lowest BCUT2D eigenvalue weighted by Crippen LogP contribution is -2.11. The zero-order valence-corrected chi connectivity index (χ0v) is 80.5. The fourth-order valence-electron chi connectivity index (χ4n) is 13.7. The molecule has 0 aromatic heterocycles. The maximum Gasteiger partial charge on any atom is 0.338 e. The van der Waals surface area contributed by atoms with Crippen molar-refractivity contribution in [3.8, 4) is 69.0 Å². The minimum Gasteiger partial charge on any atom is -0.493 e. The van der Waals surface area contributed by atoms with Gasteiger partial charge in [-0.25, -0.2) is 19.2 Å². The molecule has 0 atom stereocenters. The lowest BCUT2D eigenvalue weighted by atomic mass is 10.1. The summed E-state index contributed by atoms with van der Waals surface area (Å²) in [5, 5.41) is 9.07. The molecule has 0 aliphatic carbocycles. The number of rotatable bonds is 65. The van der Waals surface area contributed by atoms with Crippen molar-refractivity contribution in [2.24, 2.45) is 0 Å². The Hall–Kier alpha value is -10.8. The highest BCUT2D eigenvalue weighted by atomic mass is 16.6. The van der Waals surface area contributed by atoms with Gasteiger partial charge in [0.15, 0.2) is 34.5 Å². The normalized spacial score (nSPS) is 10.6. The van der Waals surface area contributed by atoms with Crippen LogP contribution in [-0.4, -0.2) is 137 Å². The number of carbonyl (C=O) groups excluding carboxylic acids is 4. The third-order valence-electron chi connectivity index (χ3n) is 21.4. The SMILES string of the molecule is CCCCCCCCCCOC(=O)c1cc(OC)c(OCCOc2ccc(C)cc2)c(OC)c1.CCCCCCCCCCOC(=O)c1ccc(OCCOc2ccc(C)cc2)c(C)c1.CCCCCCCCCCOC(=O)c1ccc(OCCOc2ccc(C)cc2)c(OC)c1.CCCCCCCCCCOC(=O)c1ccc(OCCOc2ccc(CO)cc2)c(OC)c1. The Balaban J connectivity index is 0.000000307. The fourth-order valence-corrected chi connectivity index (χ4v) is 13.7. The van der Waals surface area contributed by atoms with E-state index in [9.17, 15) is 19.2 Å². The Labute approximate surface area is 777 Å². The monoisotopic (exact) mass is 1800 g/mol. The van der Waals surface area contributed by atoms with Gasteiger partial charge in [-0.2, -0.15) is 0 Å². The van der Waals surface area contributed by atoms with E-state index in [1.165, 1.54) is 192 Å². The lowest BCUT2D eigenvalue weighted by molar-refractivity contribution is 0.0487. The molecule has 0 saturated heterocycles. The van der Waals surface area contributed by atoms with Gasteiger partial charge < -0.3 is 80.9 Å². The number of aliphatic hydroxyl groups excluding tert-OH is 1. The highest BCUT2D eigenvalue weighted by Crippen LogP contribution is 2.39. The molecular formula is C109H154O21. The molecule has 8 aromatic carbocycles. The summed E-state index contributed by atoms with van der Waals surface area (Å²) in [5.74, 6) is 5.88. The average Bonchev–Trinajstić information content (AvgIpc) is 0.819. The Morgan fingerprint density at radius 1 is 0.231 bits per heavy atom. The quantitative estimate of drug-likeness (QED) is 0.0212. The van der Waals surface area contributed by atoms with E-state index < -0.39 is 5.97 Å². The number of aliphatic hydroxyl groups is 1. The zero-order valence-electron chi connectivity index (χ0n) is 80.5. The first kappa shape index (κ1) is 110. The number of benzene rings is 8. The minimum absolute atomic E-state index is 0.00587. The van der Waals surface area contributed by atoms with E-state index in [4.69, 9.17) is 80.9 Å². The molecule has 716 valence electrons. The van der Waals surface area contributed by atoms with Gasteiger partial charge in [0.2, 0.25) is 5.75 Å². The van der Waals surface area contributed by atoms with Crippen LogP contribution in [0, 0.1) is 27.7 Å². The van der Waals surface area contributed by atoms with E-state index in [1.54, 1.807) is 73.8 Å². The zero-order chi connectivity index (χ0) is 93.7. The number of esters is 4. The summed E-state index contributed by atoms with van der Waals surface area (Å²) in [6, 6.07) is 49.7. The van der Waals surface area contributed by atoms with Crippen LogP contribution in [0.25, 0.3) is 0 Å². The molecule has 0 unspecified atom stereocenters. The lowest BCUT2D eigenvalue weighted by Gasteiger charge is -2.16. The molecule has 1 N–H and O–H groups in total. The minimum atomic E-state index is -0.395. The van der Waals surface area contributed by atoms with E-state index in [2.05, 4.69) is 27.7 Å². The van der Waals surface area contributed by atoms with Gasteiger partial charge in [0.1, 0.15) is 81.6 Å². The summed E-state index contributed by atoms with van der Waals surface area (Å²) < 4.78 is 89.2. The molecule has 0 bridgehead atoms. The molecule has 21 nitrogen and oxygen atoms in total. The van der Waals surface area contributed by atoms with Crippen LogP contribution in [0.4, 0.5) is 0 Å². The Bertz CT molecular complexity index is 4270. The molecule has 0 fully saturated rings. The second-order valence-corrected chi connectivity index (χ2v) is 32.4. The molecule has 0 aliphatic heterocycles. The number of hydrogen-bond acceptors (Lipinski definition) is 21. The molecule has 0 amide bonds. The van der Waals surface area contributed by atoms with Crippen molar-refractivity contribution in [3.63, 3.8) is 0 Å². The van der Waals surface area contributed by atoms with E-state index in [1.807, 2.05) is 125 Å². The highest BCUT2D eigenvalue weighted by Gasteiger charge is 2.21. The smallest absolute Gasteiger partial charge is 0.338 e. The average molecular weight is 1800 g/mol. The van der Waals surface area contributed by atoms with Crippen molar-refractivity contribution in [1.29, 1.82) is 0 Å². The van der Waals surface area contributed by atoms with Crippen molar-refractivity contribution in [2.75, 3.05) is 108 Å². The van der Waals surface area contributed by atoms with Crippen molar-refractivity contribution in [2.45, 2.75) is 267 Å². The molecule has 0 radical (unpaired) electrons. The topological polar surface area (TPSA) is 236 Å². The Morgan fingerprint density at radius 3 is 0.754 bits per heavy atom. The van der Waals surface area contributed by atoms with Gasteiger partial charge in [0.05, 0.1) is 83.7 Å². The van der Waals surface area contributed by atoms with Crippen LogP contribution >= 0.6 is 0 Å². The summed E-state index contributed by atoms with van der Waals surface area (Å²) in [5.41, 5.74) is 7.16. The Kier molecular flexibility index (Phi) is 59.2. The Morgan fingerprint density at radius 2 is 0.469 bits per heavy atom. The van der Waals surface area contributed by atoms with Gasteiger partial charge in [-0.05, 0) is 180 Å². The highest BCUT2D eigenvalue weighted by molar-refractivity contribution is 5.92. The predicted octanol–water partition coefficient (Wildman–Crippen LogP) is 26.5. The molecule has 8 rings (SSSR count). The number of aryl methyl sites for hydroxylation is 4. The van der Waals surface area contributed by atoms with Crippen LogP contribution < -0.4 is 56.8 Å². The van der Waals surface area contributed by atoms with Crippen LogP contribution in [0.2, 0.25) is 0 Å². The summed E-state index contributed by atoms with van der Waals surface area (Å²) in [7, 11) is 6.15. The molecule has 130 heavy (non-hydrogen) atoms. The van der Waals surface area contributed by atoms with Crippen molar-refractivity contribution < 1.29 is 100 Å². The molecular weight excluding hydrogens is 1650 g/mol. The number of carbonyl (C=O) groups is 4. The van der Waals surface area contributed by atoms with Crippen LogP contribution in [-0.2, 0) is 25.6 Å². The van der Waals surface area contributed by atoms with Crippen LogP contribution in [0.3, 0.4) is 0 Å². The third kappa shape index (κ3) is 47.7. The maximum absolute atomic E-state index is 12.5. The van der Waals surface area contributed by atoms with Crippen molar-refractivity contribution in [1.82, 2.24) is 0 Å². The van der Waals surface area contributed by atoms with E-state index in [0.29, 0.717) is 148 Å². The van der Waals surface area contributed by atoms with Gasteiger partial charge in [-0.3, -0.25) is 0 Å². The van der Waals surface area contributed by atoms with Gasteiger partial charge >= 0.3 is 23.9 Å². The van der Waals surface area contributed by atoms with Crippen molar-refractivity contribution >= 4 is 23.9 Å². The molecule has 0 aliphatic rings. The van der Waals surface area contributed by atoms with Crippen LogP contribution in [0.5, 0.6) is 69.0 Å². The van der Waals surface area contributed by atoms with Crippen LogP contribution in [0.15, 0.2) is 164 Å². The van der Waals surface area contributed by atoms with Crippen molar-refractivity contribution in [3.05, 3.63) is 214 Å². The fraction of sp³-hybridized carbons (Fsp3) is 0.523. The first-order valence-corrected chi connectivity index (χ1v) is 47.8. The van der Waals surface area contributed by atoms with Gasteiger partial charge in [-0.1, -0.05) is 273 Å². The molecule has 0 spiro atoms. The third-order valence-corrected chi connectivity index (χ3v) is 21.4. The molecule has 0 saturated carbocycles. The van der Waals surface area contributed by atoms with Gasteiger partial charge in [0, 0.05) is 0 Å². The molecule has 21 heteroatoms. The van der Waals surface area contributed by atoms with E-state index in [0.717, 1.165) is 85.5 Å². The summed E-state index contributed by atoms with van der Waals surface area (Å²) in [4.78, 5) is 49.5. The number of methoxy groups -OCH3 is 4. The first-order chi connectivity index (χ1) is 63.5. The predicted molar refractivity (Wildman–Crippen MR) is 518 cm³/mol. The number of unbranched alkanes of at least 4 members (excludes halogenated alkanes) is 28. The molecule has 8 aromatic rings. The number of ether oxygens (including phenoxy) is 16. The standard InChI is InChI=1S/C28H40O6.C27H38O6.C27H38O5.C27H38O4/c1-5-6-7-8-9-10-11-12-17-34-28(29)23-20-25(30-3)27(26(21-23)31-4)33-19-18-32-24-15-13-22(2)14-16-24;1-3-4-5-6-7-8-9-10-17-33-27(29)23-13-16-25(26(20-23)30-2)32-19-18-31-24-14-11-22(21-28)12-15-24;1-4-5-6-7-8-9-10-11-18-32-27(28)23-14-17-25(26(21-23)29-3)31-20-19-30-24-15-12-22(2)13-16-24;1-4-5-6-7-8-9-10-11-18-31-27(28)24-14-17-26(23(3)21-24)30-20-19-29-25-15-12-22(2)13-16-25/h13-16,20-21H,5-12,17-19H2,1-4H3;11-16,20,28H,3-10,17-19,21H2,1-2H3;12-17,21H,4-11,18-20H2,1-3H3;12-17,21H,4-11,18-20H2,1-3H3. The second-order valence-electron chi connectivity index (χ2n) is 32.4. The largest absolute Gasteiger partial charge is 0.493 e. The van der Waals surface area contributed by atoms with E-state index >= 15 is 0 Å². The maximum atomic E-state index is 12.5.